The maximum atomic E-state index is 11.2. The number of hydrogen-bond acceptors (Lipinski definition) is 5. The quantitative estimate of drug-likeness (QED) is 0.314. The highest BCUT2D eigenvalue weighted by atomic mass is 35.5. The van der Waals surface area contributed by atoms with Gasteiger partial charge in [0.15, 0.2) is 0 Å². The summed E-state index contributed by atoms with van der Waals surface area (Å²) in [6.07, 6.45) is 2.30. The smallest absolute Gasteiger partial charge is 0.451 e. The van der Waals surface area contributed by atoms with Crippen LogP contribution in [-0.2, 0) is 4.79 Å². The summed E-state index contributed by atoms with van der Waals surface area (Å²) >= 11 is 0. The Balaban J connectivity index is 0. The van der Waals surface area contributed by atoms with Gasteiger partial charge in [-0.15, -0.1) is 24.8 Å². The highest BCUT2D eigenvalue weighted by Crippen LogP contribution is 2.24. The zero-order valence-corrected chi connectivity index (χ0v) is 12.4. The van der Waals surface area contributed by atoms with Crippen LogP contribution in [0, 0.1) is 5.92 Å². The number of halogens is 2. The summed E-state index contributed by atoms with van der Waals surface area (Å²) in [6, 6.07) is 0. The Morgan fingerprint density at radius 1 is 1.32 bits per heavy atom. The third kappa shape index (κ3) is 7.34. The summed E-state index contributed by atoms with van der Waals surface area (Å²) < 4.78 is 0. The molecule has 1 rings (SSSR count). The minimum Gasteiger partial charge on any atom is -0.480 e. The number of rotatable bonds is 8. The molecule has 0 aliphatic carbocycles. The van der Waals surface area contributed by atoms with Gasteiger partial charge in [-0.1, -0.05) is 12.8 Å². The summed E-state index contributed by atoms with van der Waals surface area (Å²) in [5.74, 6) is -0.617. The molecule has 1 unspecified atom stereocenters. The van der Waals surface area contributed by atoms with Gasteiger partial charge >= 0.3 is 13.1 Å². The molecule has 1 aliphatic heterocycles. The molecule has 0 aromatic rings. The van der Waals surface area contributed by atoms with Crippen LogP contribution in [0.1, 0.15) is 25.7 Å². The molecule has 0 bridgehead atoms. The van der Waals surface area contributed by atoms with Gasteiger partial charge in [0.05, 0.1) is 0 Å². The van der Waals surface area contributed by atoms with Crippen molar-refractivity contribution >= 4 is 37.9 Å². The van der Waals surface area contributed by atoms with Crippen molar-refractivity contribution in [2.45, 2.75) is 37.5 Å². The molecule has 0 saturated carbocycles. The van der Waals surface area contributed by atoms with Crippen molar-refractivity contribution < 1.29 is 19.9 Å². The fourth-order valence-corrected chi connectivity index (χ4v) is 2.07. The molecule has 0 amide bonds. The Kier molecular flexibility index (Phi) is 11.0. The molecule has 0 spiro atoms. The first-order valence-electron chi connectivity index (χ1n) is 6.03. The molecule has 114 valence electrons. The van der Waals surface area contributed by atoms with E-state index >= 15 is 0 Å². The fraction of sp³-hybridized carbons (Fsp3) is 0.900. The Bertz CT molecular complexity index is 270. The molecule has 1 atom stereocenters. The number of hydrogen-bond donors (Lipinski definition) is 5. The number of nitrogens with one attached hydrogen (secondary N) is 1. The van der Waals surface area contributed by atoms with Gasteiger partial charge < -0.3 is 26.2 Å². The van der Waals surface area contributed by atoms with Gasteiger partial charge in [-0.05, 0) is 38.2 Å². The number of nitrogens with two attached hydrogens (primary N) is 1. The average molecular weight is 317 g/mol. The first kappa shape index (κ1) is 21.3. The number of unbranched alkanes of at least 4 members (excludes halogenated alkanes) is 1. The van der Waals surface area contributed by atoms with Crippen LogP contribution >= 0.6 is 24.8 Å². The van der Waals surface area contributed by atoms with Crippen molar-refractivity contribution in [2.24, 2.45) is 11.7 Å². The van der Waals surface area contributed by atoms with Crippen molar-refractivity contribution in [3.8, 4) is 0 Å². The van der Waals surface area contributed by atoms with E-state index < -0.39 is 18.6 Å². The molecule has 1 fully saturated rings. The summed E-state index contributed by atoms with van der Waals surface area (Å²) in [5.41, 5.74) is 4.74. The summed E-state index contributed by atoms with van der Waals surface area (Å²) in [6.45, 7) is 1.67. The molecule has 1 heterocycles. The van der Waals surface area contributed by atoms with Gasteiger partial charge in [-0.25, -0.2) is 0 Å². The molecular weight excluding hydrogens is 294 g/mol. The van der Waals surface area contributed by atoms with Crippen molar-refractivity contribution in [1.29, 1.82) is 0 Å². The maximum Gasteiger partial charge on any atom is 0.451 e. The van der Waals surface area contributed by atoms with E-state index in [0.717, 1.165) is 13.1 Å². The summed E-state index contributed by atoms with van der Waals surface area (Å²) in [4.78, 5) is 11.2. The van der Waals surface area contributed by atoms with Crippen LogP contribution in [0.5, 0.6) is 0 Å². The van der Waals surface area contributed by atoms with E-state index in [2.05, 4.69) is 5.32 Å². The zero-order valence-electron chi connectivity index (χ0n) is 10.7. The van der Waals surface area contributed by atoms with Gasteiger partial charge in [-0.2, -0.15) is 0 Å². The molecule has 0 aromatic heterocycles. The van der Waals surface area contributed by atoms with E-state index in [1.165, 1.54) is 0 Å². The van der Waals surface area contributed by atoms with Crippen LogP contribution < -0.4 is 11.1 Å². The molecule has 1 aliphatic rings. The standard InChI is InChI=1S/C10H21BN2O4.2ClH/c12-10(9(14)15,5-8-6-13-7-8)3-1-2-4-11(16)17;;/h8,13,16-17H,1-7,12H2,(H,14,15);2*1H. The Labute approximate surface area is 126 Å². The molecule has 9 heteroatoms. The van der Waals surface area contributed by atoms with Crippen LogP contribution in [0.2, 0.25) is 6.32 Å². The van der Waals surface area contributed by atoms with Gasteiger partial charge in [0.25, 0.3) is 0 Å². The third-order valence-corrected chi connectivity index (χ3v) is 3.28. The van der Waals surface area contributed by atoms with Crippen LogP contribution in [0.25, 0.3) is 0 Å². The van der Waals surface area contributed by atoms with Crippen molar-refractivity contribution in [3.05, 3.63) is 0 Å². The molecule has 6 N–H and O–H groups in total. The van der Waals surface area contributed by atoms with Gasteiger partial charge in [-0.3, -0.25) is 4.79 Å². The highest BCUT2D eigenvalue weighted by molar-refractivity contribution is 6.40. The first-order valence-corrected chi connectivity index (χ1v) is 6.03. The normalized spacial score (nSPS) is 17.4. The molecule has 1 saturated heterocycles. The van der Waals surface area contributed by atoms with Crippen molar-refractivity contribution in [2.75, 3.05) is 13.1 Å². The monoisotopic (exact) mass is 316 g/mol. The molecular formula is C10H23BCl2N2O4. The highest BCUT2D eigenvalue weighted by Gasteiger charge is 2.37. The van der Waals surface area contributed by atoms with Crippen LogP contribution in [0.15, 0.2) is 0 Å². The molecule has 0 aromatic carbocycles. The second kappa shape index (κ2) is 9.80. The Morgan fingerprint density at radius 2 is 1.89 bits per heavy atom. The van der Waals surface area contributed by atoms with Crippen molar-refractivity contribution in [3.63, 3.8) is 0 Å². The van der Waals surface area contributed by atoms with E-state index in [0.29, 0.717) is 31.6 Å². The molecule has 19 heavy (non-hydrogen) atoms. The van der Waals surface area contributed by atoms with E-state index in [4.69, 9.17) is 20.9 Å². The lowest BCUT2D eigenvalue weighted by molar-refractivity contribution is -0.144. The van der Waals surface area contributed by atoms with Gasteiger partial charge in [0.2, 0.25) is 0 Å². The third-order valence-electron chi connectivity index (χ3n) is 3.28. The largest absolute Gasteiger partial charge is 0.480 e. The maximum absolute atomic E-state index is 11.2. The predicted octanol–water partition coefficient (Wildman–Crippen LogP) is -0.135. The second-order valence-electron chi connectivity index (χ2n) is 4.92. The van der Waals surface area contributed by atoms with Crippen LogP contribution in [0.3, 0.4) is 0 Å². The van der Waals surface area contributed by atoms with E-state index in [9.17, 15) is 4.79 Å². The number of carboxylic acid groups (broad SMARTS) is 1. The van der Waals surface area contributed by atoms with Crippen LogP contribution in [-0.4, -0.2) is 46.9 Å². The first-order chi connectivity index (χ1) is 7.94. The minimum atomic E-state index is -1.32. The zero-order chi connectivity index (χ0) is 12.9. The number of carbonyl (C=O) groups is 1. The molecule has 6 nitrogen and oxygen atoms in total. The number of carboxylic acids is 1. The SMILES string of the molecule is Cl.Cl.NC(CCCCB(O)O)(CC1CNC1)C(=O)O. The summed E-state index contributed by atoms with van der Waals surface area (Å²) in [5, 5.41) is 29.6. The molecule has 0 radical (unpaired) electrons. The minimum absolute atomic E-state index is 0. The Hall–Kier alpha value is -0.0451. The fourth-order valence-electron chi connectivity index (χ4n) is 2.07. The van der Waals surface area contributed by atoms with E-state index in [-0.39, 0.29) is 31.1 Å². The van der Waals surface area contributed by atoms with Gasteiger partial charge in [0, 0.05) is 0 Å². The predicted molar refractivity (Wildman–Crippen MR) is 78.9 cm³/mol. The van der Waals surface area contributed by atoms with Gasteiger partial charge in [0.1, 0.15) is 5.54 Å². The lowest BCUT2D eigenvalue weighted by Gasteiger charge is -2.34. The summed E-state index contributed by atoms with van der Waals surface area (Å²) in [7, 11) is -1.32. The topological polar surface area (TPSA) is 116 Å². The van der Waals surface area contributed by atoms with Crippen molar-refractivity contribution in [1.82, 2.24) is 5.32 Å². The average Bonchev–Trinajstić information content (AvgIpc) is 2.18. The number of aliphatic carboxylic acids is 1. The van der Waals surface area contributed by atoms with Crippen LogP contribution in [0.4, 0.5) is 0 Å². The Morgan fingerprint density at radius 3 is 2.26 bits per heavy atom. The lowest BCUT2D eigenvalue weighted by Crippen LogP contribution is -2.54. The second-order valence-corrected chi connectivity index (χ2v) is 4.92. The van der Waals surface area contributed by atoms with E-state index in [1.54, 1.807) is 0 Å². The lowest BCUT2D eigenvalue weighted by atomic mass is 9.79. The van der Waals surface area contributed by atoms with E-state index in [1.807, 2.05) is 0 Å².